The Morgan fingerprint density at radius 3 is 2.88 bits per heavy atom. The van der Waals surface area contributed by atoms with Crippen LogP contribution < -0.4 is 4.90 Å². The predicted octanol–water partition coefficient (Wildman–Crippen LogP) is 1.33. The van der Waals surface area contributed by atoms with Crippen molar-refractivity contribution in [3.8, 4) is 0 Å². The van der Waals surface area contributed by atoms with Crippen LogP contribution in [0, 0.1) is 13.8 Å². The summed E-state index contributed by atoms with van der Waals surface area (Å²) in [5, 5.41) is 14.8. The molecule has 1 fully saturated rings. The number of β-amino-alcohol motifs (C(OH)–C–C–N with tert-alkyl or cyclic N) is 1. The van der Waals surface area contributed by atoms with Crippen molar-refractivity contribution in [2.75, 3.05) is 31.6 Å². The van der Waals surface area contributed by atoms with E-state index in [-0.39, 0.29) is 12.3 Å². The highest BCUT2D eigenvalue weighted by molar-refractivity contribution is 5.79. The molecule has 0 radical (unpaired) electrons. The van der Waals surface area contributed by atoms with Crippen molar-refractivity contribution in [3.63, 3.8) is 0 Å². The molecular weight excluding hydrogens is 320 g/mol. The zero-order valence-electron chi connectivity index (χ0n) is 14.9. The Balaban J connectivity index is 1.60. The fourth-order valence-electron chi connectivity index (χ4n) is 3.29. The number of aryl methyl sites for hydroxylation is 2. The van der Waals surface area contributed by atoms with Crippen LogP contribution in [0.1, 0.15) is 23.4 Å². The molecule has 1 aliphatic rings. The molecule has 25 heavy (non-hydrogen) atoms. The lowest BCUT2D eigenvalue weighted by Crippen LogP contribution is -2.46. The Bertz CT molecular complexity index is 727. The summed E-state index contributed by atoms with van der Waals surface area (Å²) < 4.78 is 5.11. The average molecular weight is 344 g/mol. The molecule has 0 saturated carbocycles. The summed E-state index contributed by atoms with van der Waals surface area (Å²) in [6.45, 7) is 5.11. The molecule has 134 valence electrons. The minimum atomic E-state index is -0.930. The molecular formula is C18H24N4O3. The van der Waals surface area contributed by atoms with Crippen LogP contribution in [0.2, 0.25) is 0 Å². The van der Waals surface area contributed by atoms with E-state index in [1.54, 1.807) is 25.1 Å². The Hall–Kier alpha value is -2.41. The average Bonchev–Trinajstić information content (AvgIpc) is 3.13. The third kappa shape index (κ3) is 3.82. The second kappa shape index (κ2) is 6.84. The van der Waals surface area contributed by atoms with Gasteiger partial charge in [0.15, 0.2) is 0 Å². The van der Waals surface area contributed by atoms with Crippen molar-refractivity contribution in [3.05, 3.63) is 41.4 Å². The van der Waals surface area contributed by atoms with Crippen molar-refractivity contribution < 1.29 is 14.4 Å². The maximum Gasteiger partial charge on any atom is 0.227 e. The zero-order chi connectivity index (χ0) is 18.0. The first-order valence-electron chi connectivity index (χ1n) is 8.42. The van der Waals surface area contributed by atoms with Gasteiger partial charge in [-0.2, -0.15) is 0 Å². The first-order chi connectivity index (χ1) is 11.9. The van der Waals surface area contributed by atoms with E-state index in [0.717, 1.165) is 23.6 Å². The van der Waals surface area contributed by atoms with E-state index in [1.807, 2.05) is 30.0 Å². The lowest BCUT2D eigenvalue weighted by Gasteiger charge is -2.29. The van der Waals surface area contributed by atoms with Gasteiger partial charge in [0, 0.05) is 31.9 Å². The lowest BCUT2D eigenvalue weighted by atomic mass is 10.0. The summed E-state index contributed by atoms with van der Waals surface area (Å²) in [4.78, 5) is 20.5. The number of pyridine rings is 1. The van der Waals surface area contributed by atoms with Gasteiger partial charge < -0.3 is 19.4 Å². The van der Waals surface area contributed by atoms with Gasteiger partial charge in [-0.3, -0.25) is 4.79 Å². The van der Waals surface area contributed by atoms with Crippen LogP contribution >= 0.6 is 0 Å². The van der Waals surface area contributed by atoms with Crippen LogP contribution in [-0.2, 0) is 11.2 Å². The fraction of sp³-hybridized carbons (Fsp3) is 0.500. The summed E-state index contributed by atoms with van der Waals surface area (Å²) in [5.74, 6) is 1.46. The number of aromatic nitrogens is 2. The summed E-state index contributed by atoms with van der Waals surface area (Å²) in [7, 11) is 1.72. The normalized spacial score (nSPS) is 20.1. The lowest BCUT2D eigenvalue weighted by molar-refractivity contribution is -0.132. The van der Waals surface area contributed by atoms with Crippen molar-refractivity contribution >= 4 is 11.7 Å². The first kappa shape index (κ1) is 17.4. The van der Waals surface area contributed by atoms with Crippen LogP contribution in [-0.4, -0.2) is 58.3 Å². The van der Waals surface area contributed by atoms with E-state index >= 15 is 0 Å². The second-order valence-electron chi connectivity index (χ2n) is 6.81. The Labute approximate surface area is 147 Å². The largest absolute Gasteiger partial charge is 0.386 e. The van der Waals surface area contributed by atoms with E-state index < -0.39 is 5.60 Å². The highest BCUT2D eigenvalue weighted by Crippen LogP contribution is 2.26. The van der Waals surface area contributed by atoms with Crippen molar-refractivity contribution in [2.24, 2.45) is 0 Å². The molecule has 0 aliphatic carbocycles. The number of hydrogen-bond donors (Lipinski definition) is 1. The Morgan fingerprint density at radius 1 is 1.44 bits per heavy atom. The van der Waals surface area contributed by atoms with Gasteiger partial charge in [0.2, 0.25) is 5.91 Å². The topological polar surface area (TPSA) is 82.7 Å². The second-order valence-corrected chi connectivity index (χ2v) is 6.81. The number of carbonyl (C=O) groups is 1. The van der Waals surface area contributed by atoms with Gasteiger partial charge >= 0.3 is 0 Å². The number of nitrogens with zero attached hydrogens (tertiary/aromatic N) is 4. The summed E-state index contributed by atoms with van der Waals surface area (Å²) in [5.41, 5.74) is 0.631. The van der Waals surface area contributed by atoms with Gasteiger partial charge in [-0.1, -0.05) is 11.2 Å². The van der Waals surface area contributed by atoms with Gasteiger partial charge in [-0.15, -0.1) is 0 Å². The van der Waals surface area contributed by atoms with E-state index in [9.17, 15) is 9.90 Å². The minimum absolute atomic E-state index is 0.0564. The molecule has 1 saturated heterocycles. The highest BCUT2D eigenvalue weighted by Gasteiger charge is 2.38. The van der Waals surface area contributed by atoms with Crippen molar-refractivity contribution in [1.29, 1.82) is 0 Å². The number of rotatable bonds is 5. The van der Waals surface area contributed by atoms with Gasteiger partial charge in [0.25, 0.3) is 0 Å². The number of likely N-dealkylation sites (N-methyl/N-ethyl adjacent to an activating group) is 1. The maximum atomic E-state index is 12.5. The van der Waals surface area contributed by atoms with Crippen LogP contribution in [0.5, 0.6) is 0 Å². The molecule has 1 N–H and O–H groups in total. The maximum absolute atomic E-state index is 12.5. The van der Waals surface area contributed by atoms with Gasteiger partial charge in [0.1, 0.15) is 17.2 Å². The monoisotopic (exact) mass is 344 g/mol. The number of carbonyl (C=O) groups excluding carboxylic acids is 1. The molecule has 2 aromatic heterocycles. The summed E-state index contributed by atoms with van der Waals surface area (Å²) in [6.07, 6.45) is 2.58. The zero-order valence-corrected chi connectivity index (χ0v) is 14.9. The molecule has 1 aliphatic heterocycles. The molecule has 0 unspecified atom stereocenters. The van der Waals surface area contributed by atoms with Crippen LogP contribution in [0.25, 0.3) is 0 Å². The molecule has 2 aromatic rings. The number of amides is 1. The van der Waals surface area contributed by atoms with E-state index in [4.69, 9.17) is 4.52 Å². The van der Waals surface area contributed by atoms with Gasteiger partial charge in [-0.05, 0) is 32.4 Å². The number of hydrogen-bond acceptors (Lipinski definition) is 6. The molecule has 1 amide bonds. The quantitative estimate of drug-likeness (QED) is 0.881. The smallest absolute Gasteiger partial charge is 0.227 e. The van der Waals surface area contributed by atoms with Gasteiger partial charge in [0.05, 0.1) is 18.7 Å². The Morgan fingerprint density at radius 2 is 2.24 bits per heavy atom. The van der Waals surface area contributed by atoms with Crippen LogP contribution in [0.15, 0.2) is 28.9 Å². The first-order valence-corrected chi connectivity index (χ1v) is 8.42. The summed E-state index contributed by atoms with van der Waals surface area (Å²) in [6, 6.07) is 5.73. The molecule has 7 heteroatoms. The fourth-order valence-corrected chi connectivity index (χ4v) is 3.29. The minimum Gasteiger partial charge on any atom is -0.386 e. The molecule has 3 heterocycles. The molecule has 1 atom stereocenters. The molecule has 0 aromatic carbocycles. The van der Waals surface area contributed by atoms with E-state index in [2.05, 4.69) is 10.1 Å². The predicted molar refractivity (Wildman–Crippen MR) is 93.3 cm³/mol. The third-order valence-corrected chi connectivity index (χ3v) is 4.77. The van der Waals surface area contributed by atoms with Crippen LogP contribution in [0.3, 0.4) is 0 Å². The molecule has 0 bridgehead atoms. The van der Waals surface area contributed by atoms with Crippen molar-refractivity contribution in [1.82, 2.24) is 15.0 Å². The summed E-state index contributed by atoms with van der Waals surface area (Å²) >= 11 is 0. The van der Waals surface area contributed by atoms with Gasteiger partial charge in [-0.25, -0.2) is 4.98 Å². The van der Waals surface area contributed by atoms with Crippen molar-refractivity contribution in [2.45, 2.75) is 32.3 Å². The molecule has 7 nitrogen and oxygen atoms in total. The van der Waals surface area contributed by atoms with E-state index in [0.29, 0.717) is 25.3 Å². The standard InChI is InChI=1S/C18H24N4O3/c1-13-15(14(2)25-20-13)10-17(23)21(3)11-18(24)7-9-22(12-18)16-6-4-5-8-19-16/h4-6,8,24H,7,9-12H2,1-3H3/t18-/m0/s1. The van der Waals surface area contributed by atoms with Crippen LogP contribution in [0.4, 0.5) is 5.82 Å². The highest BCUT2D eigenvalue weighted by atomic mass is 16.5. The molecule has 0 spiro atoms. The third-order valence-electron chi connectivity index (χ3n) is 4.77. The number of anilines is 1. The van der Waals surface area contributed by atoms with E-state index in [1.165, 1.54) is 0 Å². The number of aliphatic hydroxyl groups is 1. The molecule has 3 rings (SSSR count). The Kier molecular flexibility index (Phi) is 4.76. The SMILES string of the molecule is Cc1noc(C)c1CC(=O)N(C)C[C@@]1(O)CCN(c2ccccn2)C1.